The number of carbonyl (C=O) groups is 3. The highest BCUT2D eigenvalue weighted by Gasteiger charge is 2.56. The molecule has 0 unspecified atom stereocenters. The summed E-state index contributed by atoms with van der Waals surface area (Å²) in [5.74, 6) is -0.631. The van der Waals surface area contributed by atoms with E-state index in [0.29, 0.717) is 16.9 Å². The highest BCUT2D eigenvalue weighted by atomic mass is 16.6. The van der Waals surface area contributed by atoms with E-state index >= 15 is 0 Å². The Balaban J connectivity index is 2.11. The van der Waals surface area contributed by atoms with Crippen LogP contribution in [0, 0.1) is 6.92 Å². The van der Waals surface area contributed by atoms with Crippen LogP contribution >= 0.6 is 0 Å². The van der Waals surface area contributed by atoms with Crippen molar-refractivity contribution in [1.29, 1.82) is 0 Å². The van der Waals surface area contributed by atoms with Crippen LogP contribution in [0.3, 0.4) is 0 Å². The number of benzene rings is 2. The molecule has 2 aromatic carbocycles. The Bertz CT molecular complexity index is 1010. The van der Waals surface area contributed by atoms with Crippen LogP contribution in [0.2, 0.25) is 0 Å². The van der Waals surface area contributed by atoms with Gasteiger partial charge in [-0.2, -0.15) is 0 Å². The minimum Gasteiger partial charge on any atom is -0.475 e. The van der Waals surface area contributed by atoms with Crippen LogP contribution in [0.5, 0.6) is 5.75 Å². The maximum Gasteiger partial charge on any atom is 0.408 e. The number of ether oxygens (including phenoxy) is 3. The molecule has 7 heteroatoms. The number of carbonyl (C=O) groups excluding carboxylic acids is 3. The number of amides is 1. The van der Waals surface area contributed by atoms with Gasteiger partial charge in [0.2, 0.25) is 11.4 Å². The summed E-state index contributed by atoms with van der Waals surface area (Å²) in [7, 11) is 0. The van der Waals surface area contributed by atoms with Gasteiger partial charge in [0.1, 0.15) is 17.4 Å². The monoisotopic (exact) mass is 439 g/mol. The van der Waals surface area contributed by atoms with E-state index in [-0.39, 0.29) is 13.0 Å². The quantitative estimate of drug-likeness (QED) is 0.665. The lowest BCUT2D eigenvalue weighted by Crippen LogP contribution is -2.54. The van der Waals surface area contributed by atoms with E-state index in [1.165, 1.54) is 0 Å². The van der Waals surface area contributed by atoms with Crippen molar-refractivity contribution in [2.24, 2.45) is 0 Å². The second-order valence-corrected chi connectivity index (χ2v) is 8.79. The first-order chi connectivity index (χ1) is 15.1. The van der Waals surface area contributed by atoms with Crippen molar-refractivity contribution >= 4 is 17.8 Å². The average molecular weight is 440 g/mol. The number of ketones is 1. The number of esters is 1. The van der Waals surface area contributed by atoms with Gasteiger partial charge in [0, 0.05) is 0 Å². The Hall–Kier alpha value is -3.35. The highest BCUT2D eigenvalue weighted by Crippen LogP contribution is 2.45. The highest BCUT2D eigenvalue weighted by molar-refractivity contribution is 6.10. The number of rotatable bonds is 6. The number of aryl methyl sites for hydroxylation is 1. The lowest BCUT2D eigenvalue weighted by atomic mass is 9.81. The number of nitrogens with one attached hydrogen (secondary N) is 1. The fourth-order valence-corrected chi connectivity index (χ4v) is 3.75. The summed E-state index contributed by atoms with van der Waals surface area (Å²) in [6.45, 7) is 8.96. The molecule has 1 aliphatic heterocycles. The Morgan fingerprint density at radius 3 is 2.44 bits per heavy atom. The number of Topliss-reactive ketones (excluding diaryl/α,β-unsaturated/α-hetero) is 1. The van der Waals surface area contributed by atoms with E-state index in [1.54, 1.807) is 70.2 Å². The van der Waals surface area contributed by atoms with Gasteiger partial charge < -0.3 is 19.5 Å². The Kier molecular flexibility index (Phi) is 6.57. The van der Waals surface area contributed by atoms with Crippen LogP contribution in [-0.4, -0.2) is 35.7 Å². The van der Waals surface area contributed by atoms with Gasteiger partial charge in [-0.25, -0.2) is 4.79 Å². The summed E-state index contributed by atoms with van der Waals surface area (Å²) in [5, 5.41) is 2.79. The maximum absolute atomic E-state index is 13.7. The summed E-state index contributed by atoms with van der Waals surface area (Å²) in [6.07, 6.45) is -1.10. The fourth-order valence-electron chi connectivity index (χ4n) is 3.75. The third-order valence-corrected chi connectivity index (χ3v) is 5.03. The molecule has 0 aromatic heterocycles. The van der Waals surface area contributed by atoms with Gasteiger partial charge >= 0.3 is 12.1 Å². The third-order valence-electron chi connectivity index (χ3n) is 5.03. The van der Waals surface area contributed by atoms with Crippen LogP contribution in [0.15, 0.2) is 48.5 Å². The first-order valence-corrected chi connectivity index (χ1v) is 10.6. The van der Waals surface area contributed by atoms with Crippen molar-refractivity contribution < 1.29 is 28.6 Å². The smallest absolute Gasteiger partial charge is 0.408 e. The summed E-state index contributed by atoms with van der Waals surface area (Å²) in [6, 6.07) is 13.1. The number of alkyl carbamates (subject to hydrolysis) is 1. The lowest BCUT2D eigenvalue weighted by Gasteiger charge is -2.36. The van der Waals surface area contributed by atoms with E-state index < -0.39 is 35.1 Å². The van der Waals surface area contributed by atoms with Gasteiger partial charge in [-0.3, -0.25) is 9.59 Å². The van der Waals surface area contributed by atoms with E-state index in [4.69, 9.17) is 14.2 Å². The molecular weight excluding hydrogens is 410 g/mol. The molecule has 2 aromatic rings. The molecule has 3 rings (SSSR count). The molecule has 1 aliphatic rings. The van der Waals surface area contributed by atoms with Crippen molar-refractivity contribution in [2.75, 3.05) is 6.61 Å². The minimum atomic E-state index is -1.72. The molecule has 1 amide bonds. The van der Waals surface area contributed by atoms with Crippen molar-refractivity contribution in [3.05, 3.63) is 65.2 Å². The predicted octanol–water partition coefficient (Wildman–Crippen LogP) is 4.53. The molecular formula is C25H29NO6. The van der Waals surface area contributed by atoms with E-state index in [2.05, 4.69) is 5.32 Å². The normalized spacial score (nSPS) is 18.3. The van der Waals surface area contributed by atoms with Gasteiger partial charge in [0.05, 0.1) is 18.6 Å². The number of hydrogen-bond donors (Lipinski definition) is 1. The van der Waals surface area contributed by atoms with Crippen molar-refractivity contribution in [1.82, 2.24) is 5.32 Å². The van der Waals surface area contributed by atoms with Crippen LogP contribution in [-0.2, 0) is 14.3 Å². The van der Waals surface area contributed by atoms with Crippen molar-refractivity contribution in [2.45, 2.75) is 58.3 Å². The van der Waals surface area contributed by atoms with Crippen molar-refractivity contribution in [3.63, 3.8) is 0 Å². The van der Waals surface area contributed by atoms with Crippen molar-refractivity contribution in [3.8, 4) is 5.75 Å². The van der Waals surface area contributed by atoms with Gasteiger partial charge in [-0.1, -0.05) is 36.4 Å². The predicted molar refractivity (Wildman–Crippen MR) is 119 cm³/mol. The SMILES string of the molecule is CCOC(=O)C[C@@]1([C@H](NC(=O)OC(C)(C)C)c2ccccc2)Oc2cc(C)ccc2C1=O. The molecule has 0 aliphatic carbocycles. The Morgan fingerprint density at radius 2 is 1.81 bits per heavy atom. The molecule has 32 heavy (non-hydrogen) atoms. The molecule has 0 spiro atoms. The zero-order valence-electron chi connectivity index (χ0n) is 19.1. The fraction of sp³-hybridized carbons (Fsp3) is 0.400. The zero-order valence-corrected chi connectivity index (χ0v) is 19.1. The maximum atomic E-state index is 13.7. The van der Waals surface area contributed by atoms with Gasteiger partial charge in [0.25, 0.3) is 0 Å². The topological polar surface area (TPSA) is 90.9 Å². The third kappa shape index (κ3) is 4.93. The Morgan fingerprint density at radius 1 is 1.12 bits per heavy atom. The minimum absolute atomic E-state index is 0.157. The van der Waals surface area contributed by atoms with Gasteiger partial charge in [-0.05, 0) is 57.9 Å². The number of hydrogen-bond acceptors (Lipinski definition) is 6. The van der Waals surface area contributed by atoms with Crippen LogP contribution < -0.4 is 10.1 Å². The molecule has 0 saturated carbocycles. The second-order valence-electron chi connectivity index (χ2n) is 8.79. The van der Waals surface area contributed by atoms with Crippen LogP contribution in [0.25, 0.3) is 0 Å². The van der Waals surface area contributed by atoms with Crippen LogP contribution in [0.4, 0.5) is 4.79 Å². The average Bonchev–Trinajstić information content (AvgIpc) is 2.97. The molecule has 1 N–H and O–H groups in total. The summed E-state index contributed by atoms with van der Waals surface area (Å²) in [4.78, 5) is 39.1. The first-order valence-electron chi connectivity index (χ1n) is 10.6. The Labute approximate surface area is 188 Å². The zero-order chi connectivity index (χ0) is 23.5. The molecule has 0 radical (unpaired) electrons. The summed E-state index contributed by atoms with van der Waals surface area (Å²) >= 11 is 0. The molecule has 1 heterocycles. The van der Waals surface area contributed by atoms with Gasteiger partial charge in [-0.15, -0.1) is 0 Å². The van der Waals surface area contributed by atoms with E-state index in [1.807, 2.05) is 13.0 Å². The van der Waals surface area contributed by atoms with E-state index in [9.17, 15) is 14.4 Å². The molecule has 2 atom stereocenters. The standard InChI is InChI=1S/C25H29NO6/c1-6-30-20(27)15-25(22(28)18-13-12-16(2)14-19(18)31-25)21(17-10-8-7-9-11-17)26-23(29)32-24(3,4)5/h7-14,21H,6,15H2,1-5H3,(H,26,29)/t21-,25+/m1/s1. The second kappa shape index (κ2) is 9.02. The summed E-state index contributed by atoms with van der Waals surface area (Å²) in [5.41, 5.74) is -0.617. The first kappa shape index (κ1) is 23.3. The lowest BCUT2D eigenvalue weighted by molar-refractivity contribution is -0.147. The molecule has 7 nitrogen and oxygen atoms in total. The summed E-state index contributed by atoms with van der Waals surface area (Å²) < 4.78 is 16.8. The van der Waals surface area contributed by atoms with Gasteiger partial charge in [0.15, 0.2) is 0 Å². The molecule has 0 saturated heterocycles. The molecule has 0 bridgehead atoms. The number of fused-ring (bicyclic) bond motifs is 1. The molecule has 0 fully saturated rings. The largest absolute Gasteiger partial charge is 0.475 e. The van der Waals surface area contributed by atoms with E-state index in [0.717, 1.165) is 5.56 Å². The molecule has 170 valence electrons. The van der Waals surface area contributed by atoms with Crippen LogP contribution in [0.1, 0.15) is 61.6 Å².